The number of carbonyl (C=O) groups is 1. The number of aliphatic hydroxyl groups excluding tert-OH is 2. The van der Waals surface area contributed by atoms with Gasteiger partial charge >= 0.3 is 0 Å². The summed E-state index contributed by atoms with van der Waals surface area (Å²) in [5.74, 6) is -2.90. The summed E-state index contributed by atoms with van der Waals surface area (Å²) < 4.78 is 61.9. The van der Waals surface area contributed by atoms with E-state index in [4.69, 9.17) is 24.2 Å². The third kappa shape index (κ3) is 5.68. The molecule has 1 saturated carbocycles. The molecule has 1 aliphatic carbocycles. The molecular weight excluding hydrogens is 461 g/mol. The number of nitrogens with one attached hydrogen (secondary N) is 1. The first-order valence-electron chi connectivity index (χ1n) is 10.5. The molecular formula is C22H25F3N2O7. The molecule has 6 atom stereocenters. The van der Waals surface area contributed by atoms with Crippen molar-refractivity contribution >= 4 is 12.0 Å². The van der Waals surface area contributed by atoms with Crippen molar-refractivity contribution in [2.45, 2.75) is 49.9 Å². The van der Waals surface area contributed by atoms with E-state index in [1.165, 1.54) is 6.92 Å². The number of fused-ring (bicyclic) bond motifs is 1. The lowest BCUT2D eigenvalue weighted by Crippen LogP contribution is -2.68. The topological polar surface area (TPSA) is 130 Å². The van der Waals surface area contributed by atoms with Crippen LogP contribution < -0.4 is 10.1 Å². The zero-order valence-electron chi connectivity index (χ0n) is 18.2. The lowest BCUT2D eigenvalue weighted by molar-refractivity contribution is -0.165. The Hall–Kier alpha value is -2.69. The number of halogens is 3. The highest BCUT2D eigenvalue weighted by Gasteiger charge is 2.54. The van der Waals surface area contributed by atoms with Gasteiger partial charge in [0.2, 0.25) is 5.91 Å². The van der Waals surface area contributed by atoms with Gasteiger partial charge in [0.1, 0.15) is 49.7 Å². The summed E-state index contributed by atoms with van der Waals surface area (Å²) in [7, 11) is 0. The van der Waals surface area contributed by atoms with Gasteiger partial charge < -0.3 is 34.5 Å². The van der Waals surface area contributed by atoms with Gasteiger partial charge in [0.05, 0.1) is 25.4 Å². The zero-order valence-corrected chi connectivity index (χ0v) is 18.2. The fourth-order valence-corrected chi connectivity index (χ4v) is 3.83. The molecule has 0 radical (unpaired) electrons. The van der Waals surface area contributed by atoms with Gasteiger partial charge in [0.15, 0.2) is 11.6 Å². The van der Waals surface area contributed by atoms with Crippen LogP contribution in [0, 0.1) is 23.0 Å². The van der Waals surface area contributed by atoms with E-state index < -0.39 is 60.8 Å². The van der Waals surface area contributed by atoms with E-state index in [2.05, 4.69) is 5.32 Å². The monoisotopic (exact) mass is 486 g/mol. The highest BCUT2D eigenvalue weighted by atomic mass is 19.1. The molecule has 0 aromatic heterocycles. The number of benzene rings is 1. The summed E-state index contributed by atoms with van der Waals surface area (Å²) in [6.07, 6.45) is -4.57. The molecule has 12 heteroatoms. The maximum atomic E-state index is 14.4. The highest BCUT2D eigenvalue weighted by molar-refractivity contribution is 5.97. The summed E-state index contributed by atoms with van der Waals surface area (Å²) in [4.78, 5) is 12.8. The molecule has 186 valence electrons. The van der Waals surface area contributed by atoms with Crippen LogP contribution in [0.4, 0.5) is 13.2 Å². The Balaban J connectivity index is 1.76. The Morgan fingerprint density at radius 3 is 2.71 bits per heavy atom. The van der Waals surface area contributed by atoms with Crippen LogP contribution >= 0.6 is 0 Å². The molecule has 2 fully saturated rings. The normalized spacial score (nSPS) is 28.8. The number of hydrogen-bond acceptors (Lipinski definition) is 8. The summed E-state index contributed by atoms with van der Waals surface area (Å²) in [5, 5.41) is 32.3. The predicted molar refractivity (Wildman–Crippen MR) is 110 cm³/mol. The average molecular weight is 486 g/mol. The van der Waals surface area contributed by atoms with E-state index in [0.717, 1.165) is 18.2 Å². The van der Waals surface area contributed by atoms with Crippen molar-refractivity contribution in [3.05, 3.63) is 34.9 Å². The van der Waals surface area contributed by atoms with Gasteiger partial charge in [-0.05, 0) is 19.1 Å². The van der Waals surface area contributed by atoms with Crippen LogP contribution in [0.2, 0.25) is 0 Å². The Bertz CT molecular complexity index is 955. The average Bonchev–Trinajstić information content (AvgIpc) is 3.30. The van der Waals surface area contributed by atoms with E-state index in [1.807, 2.05) is 0 Å². The van der Waals surface area contributed by atoms with Crippen LogP contribution in [-0.4, -0.2) is 79.4 Å². The van der Waals surface area contributed by atoms with Crippen LogP contribution in [0.25, 0.3) is 6.08 Å². The quantitative estimate of drug-likeness (QED) is 0.348. The second-order valence-electron chi connectivity index (χ2n) is 7.82. The van der Waals surface area contributed by atoms with E-state index in [-0.39, 0.29) is 43.3 Å². The van der Waals surface area contributed by atoms with Crippen LogP contribution in [0.3, 0.4) is 0 Å². The van der Waals surface area contributed by atoms with Crippen molar-refractivity contribution in [3.63, 3.8) is 0 Å². The Morgan fingerprint density at radius 1 is 1.26 bits per heavy atom. The number of alkyl halides is 1. The minimum Gasteiger partial charge on any atom is -0.490 e. The summed E-state index contributed by atoms with van der Waals surface area (Å²) >= 11 is 0. The molecule has 0 unspecified atom stereocenters. The number of hydrogen-bond donors (Lipinski definition) is 3. The van der Waals surface area contributed by atoms with Crippen molar-refractivity contribution < 1.29 is 47.1 Å². The lowest BCUT2D eigenvalue weighted by atomic mass is 9.82. The van der Waals surface area contributed by atoms with E-state index in [0.29, 0.717) is 0 Å². The Morgan fingerprint density at radius 2 is 2.00 bits per heavy atom. The molecule has 0 spiro atoms. The van der Waals surface area contributed by atoms with Crippen molar-refractivity contribution in [1.82, 2.24) is 5.32 Å². The number of ether oxygens (including phenoxy) is 4. The number of carbonyl (C=O) groups excluding carboxylic acids is 1. The summed E-state index contributed by atoms with van der Waals surface area (Å²) in [5.41, 5.74) is -0.284. The minimum absolute atomic E-state index is 0.0293. The maximum Gasteiger partial charge on any atom is 0.247 e. The molecule has 0 bridgehead atoms. The van der Waals surface area contributed by atoms with Crippen molar-refractivity contribution in [1.29, 1.82) is 5.26 Å². The predicted octanol–water partition coefficient (Wildman–Crippen LogP) is 0.977. The summed E-state index contributed by atoms with van der Waals surface area (Å²) in [6, 6.07) is 2.24. The van der Waals surface area contributed by atoms with Gasteiger partial charge in [-0.3, -0.25) is 9.18 Å². The van der Waals surface area contributed by atoms with Crippen LogP contribution in [-0.2, 0) is 19.0 Å². The Labute approximate surface area is 193 Å². The largest absolute Gasteiger partial charge is 0.490 e. The van der Waals surface area contributed by atoms with E-state index in [1.54, 1.807) is 6.07 Å². The van der Waals surface area contributed by atoms with Crippen LogP contribution in [0.1, 0.15) is 18.9 Å². The molecule has 1 amide bonds. The standard InChI is InChI=1S/C22H25F3N2O7/c1-11(7-12-8-14(25)15(9-13(12)24)31-5-2-3-23)22(30)27-16-17(28)18(29)20-21(34-10-33-20)19(16)32-6-4-26/h7-9,16-21,28-29H,2-3,5-6,10H2,1H3,(H,27,30)/b11-7+/t16-,17+,18-,19-,20-,21+/m1/s1. The maximum absolute atomic E-state index is 14.4. The van der Waals surface area contributed by atoms with Crippen molar-refractivity contribution in [2.24, 2.45) is 0 Å². The fraction of sp³-hybridized carbons (Fsp3) is 0.545. The van der Waals surface area contributed by atoms with Gasteiger partial charge in [-0.1, -0.05) is 0 Å². The first kappa shape index (κ1) is 25.9. The summed E-state index contributed by atoms with van der Waals surface area (Å²) in [6.45, 7) is 0.0294. The number of aliphatic hydroxyl groups is 2. The molecule has 2 aliphatic rings. The van der Waals surface area contributed by atoms with E-state index in [9.17, 15) is 28.2 Å². The molecule has 1 aliphatic heterocycles. The van der Waals surface area contributed by atoms with E-state index >= 15 is 0 Å². The number of nitrogens with zero attached hydrogens (tertiary/aromatic N) is 1. The number of amides is 1. The second kappa shape index (κ2) is 11.6. The first-order valence-corrected chi connectivity index (χ1v) is 10.5. The molecule has 34 heavy (non-hydrogen) atoms. The molecule has 1 saturated heterocycles. The van der Waals surface area contributed by atoms with Crippen molar-refractivity contribution in [3.8, 4) is 11.8 Å². The molecule has 9 nitrogen and oxygen atoms in total. The molecule has 1 aromatic carbocycles. The first-order chi connectivity index (χ1) is 16.3. The van der Waals surface area contributed by atoms with Crippen molar-refractivity contribution in [2.75, 3.05) is 26.7 Å². The Kier molecular flexibility index (Phi) is 8.87. The smallest absolute Gasteiger partial charge is 0.247 e. The highest BCUT2D eigenvalue weighted by Crippen LogP contribution is 2.32. The SMILES string of the molecule is C/C(=C\c1cc(F)c(OCCCF)cc1F)C(=O)N[C@@H]1[C@H](O)[C@@H](O)[C@H]2OCO[C@H]2[C@@H]1OCC#N. The van der Waals surface area contributed by atoms with Gasteiger partial charge in [-0.25, -0.2) is 8.78 Å². The second-order valence-corrected chi connectivity index (χ2v) is 7.82. The van der Waals surface area contributed by atoms with Gasteiger partial charge in [-0.15, -0.1) is 0 Å². The molecule has 1 heterocycles. The fourth-order valence-electron chi connectivity index (χ4n) is 3.83. The van der Waals surface area contributed by atoms with Gasteiger partial charge in [0, 0.05) is 23.6 Å². The van der Waals surface area contributed by atoms with Gasteiger partial charge in [0.25, 0.3) is 0 Å². The van der Waals surface area contributed by atoms with Crippen LogP contribution in [0.15, 0.2) is 17.7 Å². The molecule has 1 aromatic rings. The minimum atomic E-state index is -1.52. The lowest BCUT2D eigenvalue weighted by Gasteiger charge is -2.43. The molecule has 3 N–H and O–H groups in total. The van der Waals surface area contributed by atoms with Gasteiger partial charge in [-0.2, -0.15) is 5.26 Å². The zero-order chi connectivity index (χ0) is 24.8. The third-order valence-corrected chi connectivity index (χ3v) is 5.53. The van der Waals surface area contributed by atoms with Crippen LogP contribution in [0.5, 0.6) is 5.75 Å². The third-order valence-electron chi connectivity index (χ3n) is 5.53. The number of rotatable bonds is 9. The molecule has 3 rings (SSSR count). The number of nitriles is 1.